The number of hydrogen-bond acceptors (Lipinski definition) is 3. The molecule has 0 unspecified atom stereocenters. The summed E-state index contributed by atoms with van der Waals surface area (Å²) >= 11 is 1.44. The van der Waals surface area contributed by atoms with Crippen LogP contribution < -0.4 is 0 Å². The fourth-order valence-electron chi connectivity index (χ4n) is 2.83. The first-order valence-electron chi connectivity index (χ1n) is 8.41. The first kappa shape index (κ1) is 17.9. The van der Waals surface area contributed by atoms with Crippen LogP contribution >= 0.6 is 11.8 Å². The van der Waals surface area contributed by atoms with Gasteiger partial charge in [0.05, 0.1) is 18.0 Å². The Kier molecular flexibility index (Phi) is 5.68. The molecule has 2 heterocycles. The van der Waals surface area contributed by atoms with E-state index in [1.807, 2.05) is 19.4 Å². The molecule has 6 heteroatoms. The van der Waals surface area contributed by atoms with E-state index in [1.54, 1.807) is 0 Å². The molecule has 2 aromatic heterocycles. The number of aryl methyl sites for hydroxylation is 3. The highest BCUT2D eigenvalue weighted by Gasteiger charge is 2.08. The van der Waals surface area contributed by atoms with Gasteiger partial charge in [0.15, 0.2) is 0 Å². The first-order chi connectivity index (χ1) is 12.1. The fourth-order valence-corrected chi connectivity index (χ4v) is 3.76. The van der Waals surface area contributed by atoms with Crippen molar-refractivity contribution < 1.29 is 8.78 Å². The Morgan fingerprint density at radius 1 is 1.08 bits per heavy atom. The van der Waals surface area contributed by atoms with Gasteiger partial charge < -0.3 is 4.57 Å². The lowest BCUT2D eigenvalue weighted by atomic mass is 10.2. The van der Waals surface area contributed by atoms with Gasteiger partial charge in [-0.2, -0.15) is 0 Å². The van der Waals surface area contributed by atoms with Crippen molar-refractivity contribution >= 4 is 22.8 Å². The van der Waals surface area contributed by atoms with E-state index in [2.05, 4.69) is 21.5 Å². The molecular formula is C19H21F2N3S. The summed E-state index contributed by atoms with van der Waals surface area (Å²) in [6.45, 7) is 5.00. The standard InChI is InChI=1S/C19H21F2N3S/c1-13-14(2)22-11-17-19(13)24(12-23-17)8-4-3-5-9-25-18-7-6-15(20)10-16(18)21/h6-7,10-12H,3-5,8-9H2,1-2H3. The minimum absolute atomic E-state index is 0.477. The third-order valence-electron chi connectivity index (χ3n) is 4.34. The molecule has 3 nitrogen and oxygen atoms in total. The zero-order chi connectivity index (χ0) is 17.8. The number of hydrogen-bond donors (Lipinski definition) is 0. The van der Waals surface area contributed by atoms with Gasteiger partial charge in [-0.1, -0.05) is 6.42 Å². The van der Waals surface area contributed by atoms with Crippen LogP contribution in [0.15, 0.2) is 35.6 Å². The highest BCUT2D eigenvalue weighted by atomic mass is 32.2. The third-order valence-corrected chi connectivity index (χ3v) is 5.47. The second kappa shape index (κ2) is 7.95. The molecule has 0 atom stereocenters. The van der Waals surface area contributed by atoms with Crippen LogP contribution in [0.1, 0.15) is 30.5 Å². The summed E-state index contributed by atoms with van der Waals surface area (Å²) in [4.78, 5) is 9.28. The van der Waals surface area contributed by atoms with Crippen molar-refractivity contribution in [3.63, 3.8) is 0 Å². The first-order valence-corrected chi connectivity index (χ1v) is 9.39. The average Bonchev–Trinajstić information content (AvgIpc) is 2.99. The second-order valence-corrected chi connectivity index (χ2v) is 7.26. The lowest BCUT2D eigenvalue weighted by Crippen LogP contribution is -1.99. The summed E-state index contributed by atoms with van der Waals surface area (Å²) in [7, 11) is 0. The van der Waals surface area contributed by atoms with E-state index in [0.29, 0.717) is 4.90 Å². The molecule has 0 spiro atoms. The van der Waals surface area contributed by atoms with Gasteiger partial charge in [0, 0.05) is 23.2 Å². The summed E-state index contributed by atoms with van der Waals surface area (Å²) in [5.74, 6) is -0.181. The number of pyridine rings is 1. The van der Waals surface area contributed by atoms with Crippen LogP contribution in [0.2, 0.25) is 0 Å². The Balaban J connectivity index is 1.47. The van der Waals surface area contributed by atoms with Gasteiger partial charge in [-0.25, -0.2) is 13.8 Å². The van der Waals surface area contributed by atoms with Gasteiger partial charge in [-0.05, 0) is 50.1 Å². The molecule has 0 aliphatic carbocycles. The Hall–Kier alpha value is -1.95. The van der Waals surface area contributed by atoms with Gasteiger partial charge in [0.2, 0.25) is 0 Å². The summed E-state index contributed by atoms with van der Waals surface area (Å²) in [6.07, 6.45) is 6.79. The fraction of sp³-hybridized carbons (Fsp3) is 0.368. The number of unbranched alkanes of at least 4 members (excludes halogenated alkanes) is 2. The van der Waals surface area contributed by atoms with E-state index in [-0.39, 0.29) is 0 Å². The Labute approximate surface area is 150 Å². The Morgan fingerprint density at radius 3 is 2.72 bits per heavy atom. The third kappa shape index (κ3) is 4.18. The van der Waals surface area contributed by atoms with E-state index >= 15 is 0 Å². The zero-order valence-electron chi connectivity index (χ0n) is 14.4. The number of nitrogens with zero attached hydrogens (tertiary/aromatic N) is 3. The van der Waals surface area contributed by atoms with Crippen molar-refractivity contribution in [3.05, 3.63) is 53.6 Å². The number of rotatable bonds is 7. The largest absolute Gasteiger partial charge is 0.330 e. The van der Waals surface area contributed by atoms with Crippen molar-refractivity contribution in [1.29, 1.82) is 0 Å². The summed E-state index contributed by atoms with van der Waals surface area (Å²) in [6, 6.07) is 3.74. The van der Waals surface area contributed by atoms with Crippen molar-refractivity contribution in [1.82, 2.24) is 14.5 Å². The van der Waals surface area contributed by atoms with Gasteiger partial charge in [0.1, 0.15) is 17.2 Å². The topological polar surface area (TPSA) is 30.7 Å². The molecule has 0 N–H and O–H groups in total. The summed E-state index contributed by atoms with van der Waals surface area (Å²) in [5.41, 5.74) is 4.31. The lowest BCUT2D eigenvalue weighted by Gasteiger charge is -2.08. The maximum atomic E-state index is 13.6. The molecule has 0 amide bonds. The molecule has 3 aromatic rings. The maximum Gasteiger partial charge on any atom is 0.139 e. The van der Waals surface area contributed by atoms with Crippen LogP contribution in [-0.4, -0.2) is 20.3 Å². The predicted molar refractivity (Wildman–Crippen MR) is 97.9 cm³/mol. The summed E-state index contributed by atoms with van der Waals surface area (Å²) in [5, 5.41) is 0. The highest BCUT2D eigenvalue weighted by molar-refractivity contribution is 7.99. The van der Waals surface area contributed by atoms with Crippen LogP contribution in [0.3, 0.4) is 0 Å². The van der Waals surface area contributed by atoms with E-state index in [4.69, 9.17) is 0 Å². The second-order valence-electron chi connectivity index (χ2n) is 6.12. The molecule has 132 valence electrons. The van der Waals surface area contributed by atoms with Crippen LogP contribution in [-0.2, 0) is 6.54 Å². The number of aromatic nitrogens is 3. The molecule has 0 saturated carbocycles. The maximum absolute atomic E-state index is 13.6. The van der Waals surface area contributed by atoms with E-state index < -0.39 is 11.6 Å². The SMILES string of the molecule is Cc1ncc2ncn(CCCCCSc3ccc(F)cc3F)c2c1C. The monoisotopic (exact) mass is 361 g/mol. The molecule has 3 rings (SSSR count). The van der Waals surface area contributed by atoms with E-state index in [9.17, 15) is 8.78 Å². The van der Waals surface area contributed by atoms with Crippen molar-refractivity contribution in [2.75, 3.05) is 5.75 Å². The lowest BCUT2D eigenvalue weighted by molar-refractivity contribution is 0.565. The smallest absolute Gasteiger partial charge is 0.139 e. The quantitative estimate of drug-likeness (QED) is 0.423. The molecule has 0 bridgehead atoms. The molecular weight excluding hydrogens is 340 g/mol. The van der Waals surface area contributed by atoms with Crippen LogP contribution in [0, 0.1) is 25.5 Å². The molecule has 0 aliphatic rings. The predicted octanol–water partition coefficient (Wildman–Crippen LogP) is 5.29. The van der Waals surface area contributed by atoms with Crippen molar-refractivity contribution in [2.24, 2.45) is 0 Å². The number of benzene rings is 1. The normalized spacial score (nSPS) is 11.4. The van der Waals surface area contributed by atoms with Crippen molar-refractivity contribution in [3.8, 4) is 0 Å². The van der Waals surface area contributed by atoms with E-state index in [0.717, 1.165) is 54.4 Å². The molecule has 1 aromatic carbocycles. The number of halogens is 2. The van der Waals surface area contributed by atoms with Crippen molar-refractivity contribution in [2.45, 2.75) is 44.6 Å². The van der Waals surface area contributed by atoms with Crippen LogP contribution in [0.25, 0.3) is 11.0 Å². The van der Waals surface area contributed by atoms with Gasteiger partial charge in [0.25, 0.3) is 0 Å². The minimum Gasteiger partial charge on any atom is -0.330 e. The number of thioether (sulfide) groups is 1. The zero-order valence-corrected chi connectivity index (χ0v) is 15.2. The average molecular weight is 361 g/mol. The molecule has 0 saturated heterocycles. The van der Waals surface area contributed by atoms with Crippen LogP contribution in [0.4, 0.5) is 8.78 Å². The van der Waals surface area contributed by atoms with Gasteiger partial charge >= 0.3 is 0 Å². The van der Waals surface area contributed by atoms with Gasteiger partial charge in [-0.15, -0.1) is 11.8 Å². The highest BCUT2D eigenvalue weighted by Crippen LogP contribution is 2.24. The number of imidazole rings is 1. The van der Waals surface area contributed by atoms with Gasteiger partial charge in [-0.3, -0.25) is 4.98 Å². The molecule has 0 radical (unpaired) electrons. The minimum atomic E-state index is -0.532. The molecule has 25 heavy (non-hydrogen) atoms. The van der Waals surface area contributed by atoms with Crippen LogP contribution in [0.5, 0.6) is 0 Å². The number of fused-ring (bicyclic) bond motifs is 1. The molecule has 0 fully saturated rings. The Bertz CT molecular complexity index is 876. The Morgan fingerprint density at radius 2 is 1.92 bits per heavy atom. The summed E-state index contributed by atoms with van der Waals surface area (Å²) < 4.78 is 28.6. The van der Waals surface area contributed by atoms with E-state index in [1.165, 1.54) is 29.5 Å². The molecule has 0 aliphatic heterocycles.